The van der Waals surface area contributed by atoms with Crippen LogP contribution in [0.5, 0.6) is 0 Å². The van der Waals surface area contributed by atoms with E-state index in [4.69, 9.17) is 4.74 Å². The Hall–Kier alpha value is -1.92. The van der Waals surface area contributed by atoms with Crippen molar-refractivity contribution in [3.05, 3.63) is 30.3 Å². The number of rotatable bonds is 6. The number of hydrogen-bond acceptors (Lipinski definition) is 4. The van der Waals surface area contributed by atoms with Crippen molar-refractivity contribution in [2.45, 2.75) is 6.42 Å². The zero-order chi connectivity index (χ0) is 14.9. The molecule has 0 atom stereocenters. The SMILES string of the molecule is O=C(CC(=O)Nc1ccccc1)NCCN1CCOCC1. The van der Waals surface area contributed by atoms with E-state index in [2.05, 4.69) is 15.5 Å². The molecule has 0 radical (unpaired) electrons. The summed E-state index contributed by atoms with van der Waals surface area (Å²) in [6.07, 6.45) is -0.155. The van der Waals surface area contributed by atoms with Gasteiger partial charge in [-0.3, -0.25) is 14.5 Å². The van der Waals surface area contributed by atoms with Crippen LogP contribution in [0, 0.1) is 0 Å². The molecule has 0 aliphatic carbocycles. The summed E-state index contributed by atoms with van der Waals surface area (Å²) in [5.41, 5.74) is 0.698. The maximum absolute atomic E-state index is 11.7. The molecule has 0 spiro atoms. The van der Waals surface area contributed by atoms with Gasteiger partial charge in [0.15, 0.2) is 0 Å². The number of ether oxygens (including phenoxy) is 1. The summed E-state index contributed by atoms with van der Waals surface area (Å²) < 4.78 is 5.25. The fraction of sp³-hybridized carbons (Fsp3) is 0.467. The summed E-state index contributed by atoms with van der Waals surface area (Å²) in [6, 6.07) is 9.10. The summed E-state index contributed by atoms with van der Waals surface area (Å²) in [6.45, 7) is 4.61. The lowest BCUT2D eigenvalue weighted by atomic mass is 10.3. The van der Waals surface area contributed by atoms with Crippen LogP contribution in [-0.2, 0) is 14.3 Å². The monoisotopic (exact) mass is 291 g/mol. The Labute approximate surface area is 124 Å². The van der Waals surface area contributed by atoms with Crippen LogP contribution in [0.1, 0.15) is 6.42 Å². The second-order valence-electron chi connectivity index (χ2n) is 4.89. The number of carbonyl (C=O) groups excluding carboxylic acids is 2. The molecule has 2 amide bonds. The second-order valence-corrected chi connectivity index (χ2v) is 4.89. The number of nitrogens with one attached hydrogen (secondary N) is 2. The number of amides is 2. The summed E-state index contributed by atoms with van der Waals surface area (Å²) in [4.78, 5) is 25.6. The molecule has 0 unspecified atom stereocenters. The van der Waals surface area contributed by atoms with E-state index in [0.717, 1.165) is 32.8 Å². The Morgan fingerprint density at radius 2 is 1.81 bits per heavy atom. The van der Waals surface area contributed by atoms with Gasteiger partial charge < -0.3 is 15.4 Å². The summed E-state index contributed by atoms with van der Waals surface area (Å²) >= 11 is 0. The van der Waals surface area contributed by atoms with E-state index < -0.39 is 0 Å². The fourth-order valence-electron chi connectivity index (χ4n) is 2.11. The van der Waals surface area contributed by atoms with Crippen LogP contribution in [0.2, 0.25) is 0 Å². The molecule has 6 nitrogen and oxygen atoms in total. The van der Waals surface area contributed by atoms with E-state index in [-0.39, 0.29) is 18.2 Å². The number of nitrogens with zero attached hydrogens (tertiary/aromatic N) is 1. The van der Waals surface area contributed by atoms with Crippen molar-refractivity contribution in [3.63, 3.8) is 0 Å². The second kappa shape index (κ2) is 8.39. The molecular formula is C15H21N3O3. The molecule has 114 valence electrons. The lowest BCUT2D eigenvalue weighted by molar-refractivity contribution is -0.126. The third-order valence-corrected chi connectivity index (χ3v) is 3.23. The first-order valence-corrected chi connectivity index (χ1v) is 7.16. The largest absolute Gasteiger partial charge is 0.379 e. The first-order valence-electron chi connectivity index (χ1n) is 7.16. The van der Waals surface area contributed by atoms with Gasteiger partial charge in [-0.15, -0.1) is 0 Å². The number of benzene rings is 1. The maximum atomic E-state index is 11.7. The van der Waals surface area contributed by atoms with E-state index in [1.54, 1.807) is 12.1 Å². The molecule has 1 saturated heterocycles. The van der Waals surface area contributed by atoms with E-state index >= 15 is 0 Å². The molecule has 0 bridgehead atoms. The third kappa shape index (κ3) is 5.93. The number of anilines is 1. The van der Waals surface area contributed by atoms with Crippen molar-refractivity contribution in [3.8, 4) is 0 Å². The predicted octanol–water partition coefficient (Wildman–Crippen LogP) is 0.464. The van der Waals surface area contributed by atoms with E-state index in [1.165, 1.54) is 0 Å². The molecule has 2 N–H and O–H groups in total. The summed E-state index contributed by atoms with van der Waals surface area (Å²) in [5, 5.41) is 5.45. The Balaban J connectivity index is 1.61. The van der Waals surface area contributed by atoms with Gasteiger partial charge in [0.05, 0.1) is 13.2 Å². The molecule has 0 saturated carbocycles. The number of para-hydroxylation sites is 1. The van der Waals surface area contributed by atoms with Crippen LogP contribution < -0.4 is 10.6 Å². The average Bonchev–Trinajstić information content (AvgIpc) is 2.49. The van der Waals surface area contributed by atoms with Crippen molar-refractivity contribution in [1.29, 1.82) is 0 Å². The zero-order valence-corrected chi connectivity index (χ0v) is 12.0. The molecule has 1 fully saturated rings. The topological polar surface area (TPSA) is 70.7 Å². The number of hydrogen-bond donors (Lipinski definition) is 2. The van der Waals surface area contributed by atoms with Crippen molar-refractivity contribution in [1.82, 2.24) is 10.2 Å². The average molecular weight is 291 g/mol. The minimum Gasteiger partial charge on any atom is -0.379 e. The molecular weight excluding hydrogens is 270 g/mol. The summed E-state index contributed by atoms with van der Waals surface area (Å²) in [7, 11) is 0. The van der Waals surface area contributed by atoms with E-state index in [1.807, 2.05) is 18.2 Å². The number of carbonyl (C=O) groups is 2. The normalized spacial score (nSPS) is 15.4. The van der Waals surface area contributed by atoms with Crippen molar-refractivity contribution in [2.24, 2.45) is 0 Å². The smallest absolute Gasteiger partial charge is 0.233 e. The third-order valence-electron chi connectivity index (χ3n) is 3.23. The standard InChI is InChI=1S/C15H21N3O3/c19-14(16-6-7-18-8-10-21-11-9-18)12-15(20)17-13-4-2-1-3-5-13/h1-5H,6-12H2,(H,16,19)(H,17,20). The first kappa shape index (κ1) is 15.5. The van der Waals surface area contributed by atoms with Crippen LogP contribution in [0.15, 0.2) is 30.3 Å². The lowest BCUT2D eigenvalue weighted by Crippen LogP contribution is -2.41. The van der Waals surface area contributed by atoms with Gasteiger partial charge in [-0.05, 0) is 12.1 Å². The van der Waals surface area contributed by atoms with Gasteiger partial charge in [0.1, 0.15) is 6.42 Å². The van der Waals surface area contributed by atoms with Crippen LogP contribution in [-0.4, -0.2) is 56.1 Å². The molecule has 1 aromatic carbocycles. The highest BCUT2D eigenvalue weighted by molar-refractivity contribution is 6.03. The predicted molar refractivity (Wildman–Crippen MR) is 80.0 cm³/mol. The van der Waals surface area contributed by atoms with Crippen molar-refractivity contribution >= 4 is 17.5 Å². The minimum atomic E-state index is -0.301. The molecule has 21 heavy (non-hydrogen) atoms. The first-order chi connectivity index (χ1) is 10.2. The van der Waals surface area contributed by atoms with Gasteiger partial charge in [-0.1, -0.05) is 18.2 Å². The quantitative estimate of drug-likeness (QED) is 0.747. The van der Waals surface area contributed by atoms with Gasteiger partial charge in [0.2, 0.25) is 11.8 Å². The van der Waals surface area contributed by atoms with E-state index in [0.29, 0.717) is 12.2 Å². The fourth-order valence-corrected chi connectivity index (χ4v) is 2.11. The molecule has 1 heterocycles. The van der Waals surface area contributed by atoms with Crippen LogP contribution in [0.3, 0.4) is 0 Å². The highest BCUT2D eigenvalue weighted by Gasteiger charge is 2.12. The van der Waals surface area contributed by atoms with Crippen molar-refractivity contribution < 1.29 is 14.3 Å². The van der Waals surface area contributed by atoms with Gasteiger partial charge >= 0.3 is 0 Å². The van der Waals surface area contributed by atoms with Crippen LogP contribution in [0.4, 0.5) is 5.69 Å². The molecule has 1 aromatic rings. The zero-order valence-electron chi connectivity index (χ0n) is 12.0. The Bertz CT molecular complexity index is 458. The van der Waals surface area contributed by atoms with Gasteiger partial charge in [0.25, 0.3) is 0 Å². The maximum Gasteiger partial charge on any atom is 0.233 e. The van der Waals surface area contributed by atoms with Crippen LogP contribution in [0.25, 0.3) is 0 Å². The number of morpholine rings is 1. The molecule has 0 aromatic heterocycles. The Morgan fingerprint density at radius 1 is 1.10 bits per heavy atom. The Kier molecular flexibility index (Phi) is 6.18. The van der Waals surface area contributed by atoms with Gasteiger partial charge in [-0.2, -0.15) is 0 Å². The Morgan fingerprint density at radius 3 is 2.52 bits per heavy atom. The van der Waals surface area contributed by atoms with Gasteiger partial charge in [0, 0.05) is 31.9 Å². The molecule has 2 rings (SSSR count). The van der Waals surface area contributed by atoms with Crippen LogP contribution >= 0.6 is 0 Å². The highest BCUT2D eigenvalue weighted by atomic mass is 16.5. The minimum absolute atomic E-state index is 0.155. The van der Waals surface area contributed by atoms with Crippen molar-refractivity contribution in [2.75, 3.05) is 44.7 Å². The molecule has 1 aliphatic heterocycles. The van der Waals surface area contributed by atoms with Gasteiger partial charge in [-0.25, -0.2) is 0 Å². The molecule has 6 heteroatoms. The summed E-state index contributed by atoms with van der Waals surface area (Å²) in [5.74, 6) is -0.554. The van der Waals surface area contributed by atoms with E-state index in [9.17, 15) is 9.59 Å². The highest BCUT2D eigenvalue weighted by Crippen LogP contribution is 2.05. The lowest BCUT2D eigenvalue weighted by Gasteiger charge is -2.26. The molecule has 1 aliphatic rings.